The van der Waals surface area contributed by atoms with Crippen molar-refractivity contribution in [2.45, 2.75) is 50.6 Å². The third-order valence-electron chi connectivity index (χ3n) is 5.38. The topological polar surface area (TPSA) is 15.3 Å². The largest absolute Gasteiger partial charge is 0.315 e. The van der Waals surface area contributed by atoms with Gasteiger partial charge in [0.25, 0.3) is 0 Å². The molecule has 3 heteroatoms. The summed E-state index contributed by atoms with van der Waals surface area (Å²) in [5.74, 6) is 0.867. The summed E-state index contributed by atoms with van der Waals surface area (Å²) >= 11 is 6.00. The lowest BCUT2D eigenvalue weighted by Gasteiger charge is -2.50. The van der Waals surface area contributed by atoms with E-state index in [4.69, 9.17) is 11.6 Å². The van der Waals surface area contributed by atoms with Crippen molar-refractivity contribution in [3.63, 3.8) is 0 Å². The summed E-state index contributed by atoms with van der Waals surface area (Å²) in [4.78, 5) is 2.45. The minimum atomic E-state index is 0.265. The van der Waals surface area contributed by atoms with Crippen molar-refractivity contribution in [2.24, 2.45) is 5.92 Å². The Labute approximate surface area is 134 Å². The van der Waals surface area contributed by atoms with Gasteiger partial charge in [0.2, 0.25) is 0 Å². The van der Waals surface area contributed by atoms with Gasteiger partial charge in [-0.25, -0.2) is 0 Å². The molecule has 0 amide bonds. The zero-order chi connectivity index (χ0) is 15.5. The van der Waals surface area contributed by atoms with Crippen LogP contribution in [0, 0.1) is 5.92 Å². The Bertz CT molecular complexity index is 433. The van der Waals surface area contributed by atoms with Crippen molar-refractivity contribution in [1.29, 1.82) is 0 Å². The fourth-order valence-electron chi connectivity index (χ4n) is 3.79. The van der Waals surface area contributed by atoms with Crippen molar-refractivity contribution in [3.8, 4) is 0 Å². The number of hydrogen-bond acceptors (Lipinski definition) is 2. The Balaban J connectivity index is 2.18. The number of likely N-dealkylation sites (N-methyl/N-ethyl adjacent to an activating group) is 2. The van der Waals surface area contributed by atoms with E-state index in [2.05, 4.69) is 50.4 Å². The van der Waals surface area contributed by atoms with Gasteiger partial charge in [-0.05, 0) is 76.9 Å². The molecule has 0 bridgehead atoms. The number of nitrogens with zero attached hydrogens (tertiary/aromatic N) is 1. The highest BCUT2D eigenvalue weighted by atomic mass is 35.5. The molecule has 1 N–H and O–H groups in total. The van der Waals surface area contributed by atoms with Crippen molar-refractivity contribution in [2.75, 3.05) is 21.1 Å². The van der Waals surface area contributed by atoms with E-state index in [0.717, 1.165) is 17.4 Å². The van der Waals surface area contributed by atoms with Gasteiger partial charge in [-0.2, -0.15) is 0 Å². The molecule has 1 fully saturated rings. The van der Waals surface area contributed by atoms with Crippen LogP contribution in [0.25, 0.3) is 0 Å². The van der Waals surface area contributed by atoms with Gasteiger partial charge in [-0.1, -0.05) is 30.7 Å². The first-order chi connectivity index (χ1) is 9.98. The van der Waals surface area contributed by atoms with Crippen molar-refractivity contribution >= 4 is 11.6 Å². The van der Waals surface area contributed by atoms with Crippen molar-refractivity contribution < 1.29 is 0 Å². The van der Waals surface area contributed by atoms with Gasteiger partial charge in [0, 0.05) is 16.6 Å². The fourth-order valence-corrected chi connectivity index (χ4v) is 3.91. The monoisotopic (exact) mass is 308 g/mol. The third-order valence-corrected chi connectivity index (χ3v) is 5.63. The van der Waals surface area contributed by atoms with E-state index in [9.17, 15) is 0 Å². The van der Waals surface area contributed by atoms with Crippen LogP contribution in [0.5, 0.6) is 0 Å². The molecular weight excluding hydrogens is 280 g/mol. The third kappa shape index (κ3) is 3.80. The lowest BCUT2D eigenvalue weighted by Crippen LogP contribution is -2.60. The molecule has 0 aromatic heterocycles. The Morgan fingerprint density at radius 1 is 1.24 bits per heavy atom. The summed E-state index contributed by atoms with van der Waals surface area (Å²) in [6.07, 6.45) is 6.27. The molecule has 1 aromatic carbocycles. The first-order valence-electron chi connectivity index (χ1n) is 8.07. The summed E-state index contributed by atoms with van der Waals surface area (Å²) in [6.45, 7) is 2.38. The van der Waals surface area contributed by atoms with Gasteiger partial charge >= 0.3 is 0 Å². The second-order valence-corrected chi connectivity index (χ2v) is 7.29. The molecule has 1 unspecified atom stereocenters. The van der Waals surface area contributed by atoms with Gasteiger partial charge in [-0.3, -0.25) is 0 Å². The van der Waals surface area contributed by atoms with Crippen LogP contribution in [-0.2, 0) is 6.42 Å². The highest BCUT2D eigenvalue weighted by molar-refractivity contribution is 6.30. The van der Waals surface area contributed by atoms with Crippen LogP contribution in [0.3, 0.4) is 0 Å². The normalized spacial score (nSPS) is 27.8. The summed E-state index contributed by atoms with van der Waals surface area (Å²) in [5, 5.41) is 4.41. The van der Waals surface area contributed by atoms with Gasteiger partial charge in [-0.15, -0.1) is 0 Å². The number of nitrogens with one attached hydrogen (secondary N) is 1. The van der Waals surface area contributed by atoms with Gasteiger partial charge < -0.3 is 10.2 Å². The first-order valence-corrected chi connectivity index (χ1v) is 8.45. The van der Waals surface area contributed by atoms with Gasteiger partial charge in [0.1, 0.15) is 0 Å². The quantitative estimate of drug-likeness (QED) is 0.885. The molecule has 1 saturated carbocycles. The Morgan fingerprint density at radius 3 is 2.29 bits per heavy atom. The molecule has 21 heavy (non-hydrogen) atoms. The maximum Gasteiger partial charge on any atom is 0.0406 e. The molecule has 0 heterocycles. The van der Waals surface area contributed by atoms with Crippen LogP contribution in [0.2, 0.25) is 5.02 Å². The van der Waals surface area contributed by atoms with E-state index < -0.39 is 0 Å². The molecular formula is C18H29ClN2. The average molecular weight is 309 g/mol. The smallest absolute Gasteiger partial charge is 0.0406 e. The van der Waals surface area contributed by atoms with Gasteiger partial charge in [0.15, 0.2) is 0 Å². The van der Waals surface area contributed by atoms with Crippen LogP contribution >= 0.6 is 11.6 Å². The lowest BCUT2D eigenvalue weighted by molar-refractivity contribution is 0.0461. The van der Waals surface area contributed by atoms with E-state index in [1.165, 1.54) is 31.2 Å². The predicted octanol–water partition coefficient (Wildman–Crippen LogP) is 3.98. The zero-order valence-electron chi connectivity index (χ0n) is 13.8. The molecule has 1 aliphatic carbocycles. The van der Waals surface area contributed by atoms with E-state index in [1.807, 2.05) is 12.1 Å². The molecule has 1 atom stereocenters. The second-order valence-electron chi connectivity index (χ2n) is 6.85. The van der Waals surface area contributed by atoms with Crippen LogP contribution in [0.1, 0.15) is 38.2 Å². The number of hydrogen-bond donors (Lipinski definition) is 1. The van der Waals surface area contributed by atoms with Gasteiger partial charge in [0.05, 0.1) is 0 Å². The summed E-state index contributed by atoms with van der Waals surface area (Å²) in [5.41, 5.74) is 1.62. The molecule has 0 spiro atoms. The van der Waals surface area contributed by atoms with E-state index >= 15 is 0 Å². The van der Waals surface area contributed by atoms with E-state index in [1.54, 1.807) is 0 Å². The van der Waals surface area contributed by atoms with Crippen LogP contribution in [0.4, 0.5) is 0 Å². The predicted molar refractivity (Wildman–Crippen MR) is 92.1 cm³/mol. The Kier molecular flexibility index (Phi) is 5.70. The molecule has 2 nitrogen and oxygen atoms in total. The molecule has 0 aliphatic heterocycles. The molecule has 1 aromatic rings. The lowest BCUT2D eigenvalue weighted by atomic mass is 9.70. The Morgan fingerprint density at radius 2 is 1.81 bits per heavy atom. The highest BCUT2D eigenvalue weighted by Crippen LogP contribution is 2.38. The van der Waals surface area contributed by atoms with Crippen LogP contribution in [-0.4, -0.2) is 37.6 Å². The number of halogens is 1. The maximum atomic E-state index is 6.00. The SMILES string of the molecule is CNC(Cc1ccc(Cl)cc1)C1(N(C)C)CCC(C)CC1. The highest BCUT2D eigenvalue weighted by Gasteiger charge is 2.42. The minimum absolute atomic E-state index is 0.265. The average Bonchev–Trinajstić information content (AvgIpc) is 2.48. The number of benzene rings is 1. The molecule has 118 valence electrons. The zero-order valence-corrected chi connectivity index (χ0v) is 14.6. The summed E-state index contributed by atoms with van der Waals surface area (Å²) < 4.78 is 0. The molecule has 0 saturated heterocycles. The summed E-state index contributed by atoms with van der Waals surface area (Å²) in [6, 6.07) is 8.77. The standard InChI is InChI=1S/C18H29ClN2/c1-14-9-11-18(12-10-14,21(3)4)17(20-2)13-15-5-7-16(19)8-6-15/h5-8,14,17,20H,9-13H2,1-4H3. The fraction of sp³-hybridized carbons (Fsp3) is 0.667. The summed E-state index contributed by atoms with van der Waals surface area (Å²) in [7, 11) is 6.58. The second kappa shape index (κ2) is 7.13. The molecule has 1 aliphatic rings. The molecule has 2 rings (SSSR count). The van der Waals surface area contributed by atoms with Crippen molar-refractivity contribution in [3.05, 3.63) is 34.9 Å². The van der Waals surface area contributed by atoms with Crippen LogP contribution in [0.15, 0.2) is 24.3 Å². The van der Waals surface area contributed by atoms with E-state index in [-0.39, 0.29) is 5.54 Å². The first kappa shape index (κ1) is 16.8. The van der Waals surface area contributed by atoms with Crippen LogP contribution < -0.4 is 5.32 Å². The van der Waals surface area contributed by atoms with E-state index in [0.29, 0.717) is 6.04 Å². The number of rotatable bonds is 5. The Hall–Kier alpha value is -0.570. The van der Waals surface area contributed by atoms with Crippen molar-refractivity contribution in [1.82, 2.24) is 10.2 Å². The minimum Gasteiger partial charge on any atom is -0.315 e. The molecule has 0 radical (unpaired) electrons. The maximum absolute atomic E-state index is 6.00.